The van der Waals surface area contributed by atoms with E-state index in [2.05, 4.69) is 54.8 Å². The standard InChI is InChI=1S/C39H70NO10P/c1-3-5-7-9-11-13-15-17-18-19-21-23-25-27-29-31-38(42)50-35(33-48-51(45,46)49-34-36(40)39(43)44)32-47-37(41)30-28-26-24-22-20-16-14-12-10-8-6-4-2/h12-15,17-18,35-36H,3-11,16,19-34,40H2,1-2H3,(H,43,44)(H,45,46)/b14-12+,15-13+,18-17+/t35-,36+/m1/s1. The van der Waals surface area contributed by atoms with Crippen molar-refractivity contribution in [3.8, 4) is 0 Å². The number of ether oxygens (including phenoxy) is 2. The van der Waals surface area contributed by atoms with E-state index in [1.54, 1.807) is 0 Å². The van der Waals surface area contributed by atoms with Crippen molar-refractivity contribution in [1.82, 2.24) is 0 Å². The summed E-state index contributed by atoms with van der Waals surface area (Å²) in [6, 6.07) is -1.52. The van der Waals surface area contributed by atoms with Crippen molar-refractivity contribution in [2.24, 2.45) is 5.73 Å². The van der Waals surface area contributed by atoms with Crippen molar-refractivity contribution >= 4 is 25.7 Å². The normalized spacial score (nSPS) is 14.3. The van der Waals surface area contributed by atoms with Gasteiger partial charge in [-0.25, -0.2) is 4.57 Å². The van der Waals surface area contributed by atoms with Crippen molar-refractivity contribution in [2.45, 2.75) is 174 Å². The lowest BCUT2D eigenvalue weighted by molar-refractivity contribution is -0.161. The largest absolute Gasteiger partial charge is 0.480 e. The summed E-state index contributed by atoms with van der Waals surface area (Å²) in [5.74, 6) is -2.41. The molecule has 0 aromatic rings. The molecular weight excluding hydrogens is 673 g/mol. The second-order valence-electron chi connectivity index (χ2n) is 13.1. The van der Waals surface area contributed by atoms with Gasteiger partial charge >= 0.3 is 25.7 Å². The fourth-order valence-electron chi connectivity index (χ4n) is 4.99. The van der Waals surface area contributed by atoms with E-state index in [0.29, 0.717) is 12.8 Å². The van der Waals surface area contributed by atoms with Crippen LogP contribution in [0, 0.1) is 0 Å². The van der Waals surface area contributed by atoms with Gasteiger partial charge in [-0.3, -0.25) is 23.4 Å². The van der Waals surface area contributed by atoms with Crippen LogP contribution in [-0.2, 0) is 37.5 Å². The monoisotopic (exact) mass is 743 g/mol. The van der Waals surface area contributed by atoms with Gasteiger partial charge in [0.2, 0.25) is 0 Å². The Labute approximate surface area is 308 Å². The summed E-state index contributed by atoms with van der Waals surface area (Å²) in [7, 11) is -4.71. The first-order valence-corrected chi connectivity index (χ1v) is 21.0. The number of phosphoric ester groups is 1. The summed E-state index contributed by atoms with van der Waals surface area (Å²) in [5, 5.41) is 8.86. The zero-order valence-corrected chi connectivity index (χ0v) is 32.6. The van der Waals surface area contributed by atoms with Gasteiger partial charge in [-0.05, 0) is 64.2 Å². The van der Waals surface area contributed by atoms with Gasteiger partial charge in [-0.1, -0.05) is 121 Å². The Balaban J connectivity index is 4.48. The summed E-state index contributed by atoms with van der Waals surface area (Å²) in [6.07, 6.45) is 35.0. The van der Waals surface area contributed by atoms with Crippen LogP contribution in [0.25, 0.3) is 0 Å². The van der Waals surface area contributed by atoms with Gasteiger partial charge in [0, 0.05) is 12.8 Å². The molecule has 1 unspecified atom stereocenters. The molecule has 0 aromatic carbocycles. The maximum atomic E-state index is 12.6. The summed E-state index contributed by atoms with van der Waals surface area (Å²) < 4.78 is 32.5. The highest BCUT2D eigenvalue weighted by atomic mass is 31.2. The molecule has 0 heterocycles. The molecule has 4 N–H and O–H groups in total. The Bertz CT molecular complexity index is 1020. The van der Waals surface area contributed by atoms with Gasteiger partial charge in [0.25, 0.3) is 0 Å². The van der Waals surface area contributed by atoms with Crippen molar-refractivity contribution in [2.75, 3.05) is 19.8 Å². The number of esters is 2. The lowest BCUT2D eigenvalue weighted by atomic mass is 10.1. The molecule has 51 heavy (non-hydrogen) atoms. The Kier molecular flexibility index (Phi) is 33.2. The second-order valence-corrected chi connectivity index (χ2v) is 14.5. The van der Waals surface area contributed by atoms with Crippen molar-refractivity contribution in [3.63, 3.8) is 0 Å². The SMILES string of the molecule is CCCCC/C=C/CCCCCCCC(=O)OC[C@H](COP(=O)(O)OC[C@H](N)C(=O)O)OC(=O)CCCCCCC/C=C/C=C/CCCCCC. The zero-order chi connectivity index (χ0) is 37.8. The average Bonchev–Trinajstić information content (AvgIpc) is 3.10. The Morgan fingerprint density at radius 3 is 1.59 bits per heavy atom. The Morgan fingerprint density at radius 1 is 0.608 bits per heavy atom. The molecule has 0 aliphatic carbocycles. The quantitative estimate of drug-likeness (QED) is 0.0183. The predicted molar refractivity (Wildman–Crippen MR) is 203 cm³/mol. The second kappa shape index (κ2) is 34.8. The zero-order valence-electron chi connectivity index (χ0n) is 31.7. The van der Waals surface area contributed by atoms with Crippen molar-refractivity contribution < 1.29 is 47.5 Å². The summed E-state index contributed by atoms with van der Waals surface area (Å²) in [6.45, 7) is 2.71. The molecule has 0 aliphatic heterocycles. The highest BCUT2D eigenvalue weighted by Gasteiger charge is 2.28. The maximum absolute atomic E-state index is 12.6. The van der Waals surface area contributed by atoms with E-state index in [1.807, 2.05) is 0 Å². The number of carboxylic acid groups (broad SMARTS) is 1. The summed E-state index contributed by atoms with van der Waals surface area (Å²) in [4.78, 5) is 45.7. The van der Waals surface area contributed by atoms with E-state index in [1.165, 1.54) is 44.9 Å². The number of nitrogens with two attached hydrogens (primary N) is 1. The molecule has 0 amide bonds. The van der Waals surface area contributed by atoms with Gasteiger partial charge < -0.3 is 25.2 Å². The Hall–Kier alpha value is -2.30. The number of hydrogen-bond acceptors (Lipinski definition) is 9. The van der Waals surface area contributed by atoms with Gasteiger partial charge in [-0.2, -0.15) is 0 Å². The van der Waals surface area contributed by atoms with E-state index in [9.17, 15) is 23.8 Å². The third-order valence-electron chi connectivity index (χ3n) is 8.14. The third kappa shape index (κ3) is 34.5. The minimum absolute atomic E-state index is 0.142. The highest BCUT2D eigenvalue weighted by molar-refractivity contribution is 7.47. The number of allylic oxidation sites excluding steroid dienone is 6. The van der Waals surface area contributed by atoms with Crippen molar-refractivity contribution in [3.05, 3.63) is 36.5 Å². The first-order valence-electron chi connectivity index (χ1n) is 19.5. The lowest BCUT2D eigenvalue weighted by Crippen LogP contribution is -2.34. The average molecular weight is 744 g/mol. The predicted octanol–water partition coefficient (Wildman–Crippen LogP) is 9.67. The fraction of sp³-hybridized carbons (Fsp3) is 0.769. The van der Waals surface area contributed by atoms with Crippen LogP contribution in [0.15, 0.2) is 36.5 Å². The molecule has 3 atom stereocenters. The number of aliphatic carboxylic acids is 1. The highest BCUT2D eigenvalue weighted by Crippen LogP contribution is 2.43. The molecule has 12 heteroatoms. The van der Waals surface area contributed by atoms with E-state index in [0.717, 1.165) is 77.0 Å². The first kappa shape index (κ1) is 48.7. The third-order valence-corrected chi connectivity index (χ3v) is 9.09. The molecule has 296 valence electrons. The first-order chi connectivity index (χ1) is 24.6. The molecule has 0 aliphatic rings. The van der Waals surface area contributed by atoms with Crippen LogP contribution in [0.2, 0.25) is 0 Å². The molecule has 0 rings (SSSR count). The van der Waals surface area contributed by atoms with Crippen LogP contribution in [-0.4, -0.2) is 59.9 Å². The smallest absolute Gasteiger partial charge is 0.472 e. The van der Waals surface area contributed by atoms with Gasteiger partial charge in [-0.15, -0.1) is 0 Å². The van der Waals surface area contributed by atoms with E-state index < -0.39 is 51.1 Å². The minimum atomic E-state index is -4.71. The Morgan fingerprint density at radius 2 is 1.04 bits per heavy atom. The van der Waals surface area contributed by atoms with Gasteiger partial charge in [0.1, 0.15) is 12.6 Å². The number of carbonyl (C=O) groups excluding carboxylic acids is 2. The van der Waals surface area contributed by atoms with Crippen LogP contribution >= 0.6 is 7.82 Å². The van der Waals surface area contributed by atoms with Crippen LogP contribution in [0.1, 0.15) is 162 Å². The van der Waals surface area contributed by atoms with Crippen LogP contribution in [0.4, 0.5) is 0 Å². The summed E-state index contributed by atoms with van der Waals surface area (Å²) >= 11 is 0. The van der Waals surface area contributed by atoms with Crippen molar-refractivity contribution in [1.29, 1.82) is 0 Å². The molecule has 0 saturated carbocycles. The van der Waals surface area contributed by atoms with Crippen LogP contribution in [0.3, 0.4) is 0 Å². The molecule has 0 fully saturated rings. The molecule has 0 bridgehead atoms. The number of carboxylic acids is 1. The summed E-state index contributed by atoms with van der Waals surface area (Å²) in [5.41, 5.74) is 5.31. The molecule has 0 spiro atoms. The van der Waals surface area contributed by atoms with Gasteiger partial charge in [0.05, 0.1) is 13.2 Å². The molecule has 11 nitrogen and oxygen atoms in total. The number of rotatable bonds is 36. The lowest BCUT2D eigenvalue weighted by Gasteiger charge is -2.20. The molecular formula is C39H70NO10P. The van der Waals surface area contributed by atoms with Crippen LogP contribution < -0.4 is 5.73 Å². The van der Waals surface area contributed by atoms with E-state index >= 15 is 0 Å². The molecule has 0 aromatic heterocycles. The number of carbonyl (C=O) groups is 3. The maximum Gasteiger partial charge on any atom is 0.472 e. The van der Waals surface area contributed by atoms with Gasteiger partial charge in [0.15, 0.2) is 6.10 Å². The topological polar surface area (TPSA) is 172 Å². The number of phosphoric acid groups is 1. The number of unbranched alkanes of at least 4 members (excludes halogenated alkanes) is 17. The minimum Gasteiger partial charge on any atom is -0.480 e. The number of hydrogen-bond donors (Lipinski definition) is 3. The van der Waals surface area contributed by atoms with Crippen LogP contribution in [0.5, 0.6) is 0 Å². The van der Waals surface area contributed by atoms with E-state index in [-0.39, 0.29) is 19.4 Å². The fourth-order valence-corrected chi connectivity index (χ4v) is 5.77. The molecule has 0 saturated heterocycles. The van der Waals surface area contributed by atoms with E-state index in [4.69, 9.17) is 24.8 Å². The molecule has 0 radical (unpaired) electrons.